The normalized spacial score (nSPS) is 19.3. The summed E-state index contributed by atoms with van der Waals surface area (Å²) >= 11 is 0. The molecule has 0 saturated heterocycles. The van der Waals surface area contributed by atoms with Crippen molar-refractivity contribution in [2.45, 2.75) is 19.4 Å². The predicted octanol–water partition coefficient (Wildman–Crippen LogP) is 6.09. The highest BCUT2D eigenvalue weighted by Gasteiger charge is 2.41. The van der Waals surface area contributed by atoms with Crippen molar-refractivity contribution < 1.29 is 17.6 Å². The molecule has 0 aliphatic carbocycles. The third-order valence-electron chi connectivity index (χ3n) is 5.27. The molecule has 0 spiro atoms. The molecule has 2 nitrogen and oxygen atoms in total. The third kappa shape index (κ3) is 3.18. The summed E-state index contributed by atoms with van der Waals surface area (Å²) in [6.45, 7) is 3.55. The number of nitrogens with one attached hydrogen (secondary N) is 1. The molecule has 2 heterocycles. The van der Waals surface area contributed by atoms with Crippen LogP contribution in [0, 0.1) is 23.3 Å². The number of allylic oxidation sites excluding steroid dienone is 3. The fraction of sp³-hybridized carbons (Fsp3) is 0.125. The van der Waals surface area contributed by atoms with Crippen LogP contribution in [0.5, 0.6) is 0 Å². The second-order valence-corrected chi connectivity index (χ2v) is 7.19. The van der Waals surface area contributed by atoms with E-state index in [-0.39, 0.29) is 0 Å². The van der Waals surface area contributed by atoms with Gasteiger partial charge in [-0.2, -0.15) is 0 Å². The predicted molar refractivity (Wildman–Crippen MR) is 108 cm³/mol. The van der Waals surface area contributed by atoms with Gasteiger partial charge >= 0.3 is 0 Å². The number of pyridine rings is 1. The van der Waals surface area contributed by atoms with Crippen LogP contribution in [0.3, 0.4) is 0 Å². The van der Waals surface area contributed by atoms with Crippen LogP contribution in [-0.2, 0) is 5.54 Å². The highest BCUT2D eigenvalue weighted by Crippen LogP contribution is 2.45. The van der Waals surface area contributed by atoms with E-state index in [2.05, 4.69) is 10.3 Å². The fourth-order valence-electron chi connectivity index (χ4n) is 3.82. The number of hydrogen-bond donors (Lipinski definition) is 1. The van der Waals surface area contributed by atoms with Gasteiger partial charge in [-0.1, -0.05) is 18.2 Å². The zero-order chi connectivity index (χ0) is 21.5. The zero-order valence-electron chi connectivity index (χ0n) is 16.3. The standard InChI is InChI=1S/C24H18F4N2/c1-3-4-7-23-15-11-19(26)21(28)13-17(15)24(2,30-23)16-12-20(27)18(25)10-14(16)22-8-5-6-9-29-22/h3-13,30H,1-2H3/b4-3-,23-7-. The van der Waals surface area contributed by atoms with Gasteiger partial charge in [0.2, 0.25) is 0 Å². The summed E-state index contributed by atoms with van der Waals surface area (Å²) in [6.07, 6.45) is 6.82. The Morgan fingerprint density at radius 2 is 1.47 bits per heavy atom. The van der Waals surface area contributed by atoms with Gasteiger partial charge in [-0.3, -0.25) is 4.98 Å². The monoisotopic (exact) mass is 410 g/mol. The quantitative estimate of drug-likeness (QED) is 0.529. The summed E-state index contributed by atoms with van der Waals surface area (Å²) in [6, 6.07) is 9.48. The largest absolute Gasteiger partial charge is 0.371 e. The Balaban J connectivity index is 2.02. The molecule has 1 aromatic heterocycles. The molecule has 1 aliphatic heterocycles. The van der Waals surface area contributed by atoms with Gasteiger partial charge in [-0.25, -0.2) is 17.6 Å². The molecular formula is C24H18F4N2. The molecule has 1 atom stereocenters. The van der Waals surface area contributed by atoms with E-state index in [9.17, 15) is 17.6 Å². The lowest BCUT2D eigenvalue weighted by Gasteiger charge is -2.30. The summed E-state index contributed by atoms with van der Waals surface area (Å²) in [5, 5.41) is 3.25. The van der Waals surface area contributed by atoms with Crippen molar-refractivity contribution in [1.29, 1.82) is 0 Å². The first-order chi connectivity index (χ1) is 14.3. The van der Waals surface area contributed by atoms with E-state index < -0.39 is 28.8 Å². The smallest absolute Gasteiger partial charge is 0.159 e. The molecule has 152 valence electrons. The van der Waals surface area contributed by atoms with Crippen LogP contribution in [0.2, 0.25) is 0 Å². The van der Waals surface area contributed by atoms with Crippen LogP contribution in [0.15, 0.2) is 66.9 Å². The molecule has 1 unspecified atom stereocenters. The lowest BCUT2D eigenvalue weighted by Crippen LogP contribution is -2.35. The number of rotatable bonds is 3. The number of nitrogens with zero attached hydrogens (tertiary/aromatic N) is 1. The van der Waals surface area contributed by atoms with E-state index in [1.807, 2.05) is 6.92 Å². The average Bonchev–Trinajstić information content (AvgIpc) is 3.01. The Labute approximate surface area is 171 Å². The first-order valence-electron chi connectivity index (χ1n) is 9.37. The number of hydrogen-bond acceptors (Lipinski definition) is 2. The molecule has 0 fully saturated rings. The maximum atomic E-state index is 14.3. The molecular weight excluding hydrogens is 392 g/mol. The minimum absolute atomic E-state index is 0.354. The Morgan fingerprint density at radius 3 is 2.07 bits per heavy atom. The van der Waals surface area contributed by atoms with Crippen molar-refractivity contribution in [3.63, 3.8) is 0 Å². The Bertz CT molecular complexity index is 1190. The number of benzene rings is 2. The topological polar surface area (TPSA) is 24.9 Å². The van der Waals surface area contributed by atoms with Crippen molar-refractivity contribution in [3.8, 4) is 11.3 Å². The van der Waals surface area contributed by atoms with E-state index >= 15 is 0 Å². The third-order valence-corrected chi connectivity index (χ3v) is 5.27. The number of aromatic nitrogens is 1. The molecule has 2 aromatic carbocycles. The van der Waals surface area contributed by atoms with E-state index in [0.29, 0.717) is 33.6 Å². The summed E-state index contributed by atoms with van der Waals surface area (Å²) in [5.41, 5.74) is 1.40. The summed E-state index contributed by atoms with van der Waals surface area (Å²) in [4.78, 5) is 4.26. The van der Waals surface area contributed by atoms with Crippen molar-refractivity contribution in [1.82, 2.24) is 10.3 Å². The first-order valence-corrected chi connectivity index (χ1v) is 9.37. The number of halogens is 4. The zero-order valence-corrected chi connectivity index (χ0v) is 16.3. The van der Waals surface area contributed by atoms with Crippen molar-refractivity contribution in [2.24, 2.45) is 0 Å². The number of fused-ring (bicyclic) bond motifs is 1. The molecule has 0 bridgehead atoms. The average molecular weight is 410 g/mol. The van der Waals surface area contributed by atoms with Gasteiger partial charge in [0.25, 0.3) is 0 Å². The van der Waals surface area contributed by atoms with Gasteiger partial charge in [0.15, 0.2) is 23.3 Å². The Hall–Kier alpha value is -3.41. The molecule has 0 amide bonds. The van der Waals surface area contributed by atoms with Crippen molar-refractivity contribution in [3.05, 3.63) is 107 Å². The van der Waals surface area contributed by atoms with Gasteiger partial charge < -0.3 is 5.32 Å². The van der Waals surface area contributed by atoms with Gasteiger partial charge in [-0.05, 0) is 67.4 Å². The second kappa shape index (κ2) is 7.44. The van der Waals surface area contributed by atoms with Crippen molar-refractivity contribution >= 4 is 5.70 Å². The van der Waals surface area contributed by atoms with E-state index in [0.717, 1.165) is 24.3 Å². The van der Waals surface area contributed by atoms with Gasteiger partial charge in [0.05, 0.1) is 11.2 Å². The van der Waals surface area contributed by atoms with Crippen LogP contribution in [0.4, 0.5) is 17.6 Å². The second-order valence-electron chi connectivity index (χ2n) is 7.19. The summed E-state index contributed by atoms with van der Waals surface area (Å²) in [7, 11) is 0. The van der Waals surface area contributed by atoms with Crippen molar-refractivity contribution in [2.75, 3.05) is 0 Å². The highest BCUT2D eigenvalue weighted by molar-refractivity contribution is 5.79. The molecule has 3 aromatic rings. The SMILES string of the molecule is C/C=C\C=C1/NC(C)(c2cc(F)c(F)cc2-c2ccccn2)c2cc(F)c(F)cc21. The lowest BCUT2D eigenvalue weighted by molar-refractivity contribution is 0.486. The molecule has 30 heavy (non-hydrogen) atoms. The molecule has 4 rings (SSSR count). The maximum absolute atomic E-state index is 14.3. The maximum Gasteiger partial charge on any atom is 0.159 e. The summed E-state index contributed by atoms with van der Waals surface area (Å²) in [5.74, 6) is -4.06. The van der Waals surface area contributed by atoms with Crippen LogP contribution in [0.25, 0.3) is 17.0 Å². The lowest BCUT2D eigenvalue weighted by atomic mass is 9.81. The minimum atomic E-state index is -1.15. The fourth-order valence-corrected chi connectivity index (χ4v) is 3.82. The van der Waals surface area contributed by atoms with Crippen LogP contribution in [-0.4, -0.2) is 4.98 Å². The van der Waals surface area contributed by atoms with Crippen LogP contribution >= 0.6 is 0 Å². The molecule has 0 radical (unpaired) electrons. The summed E-state index contributed by atoms with van der Waals surface area (Å²) < 4.78 is 56.7. The van der Waals surface area contributed by atoms with Crippen LogP contribution < -0.4 is 5.32 Å². The van der Waals surface area contributed by atoms with E-state index in [4.69, 9.17) is 0 Å². The molecule has 0 saturated carbocycles. The van der Waals surface area contributed by atoms with Gasteiger partial charge in [0.1, 0.15) is 0 Å². The van der Waals surface area contributed by atoms with E-state index in [1.54, 1.807) is 49.5 Å². The first kappa shape index (κ1) is 19.9. The minimum Gasteiger partial charge on any atom is -0.371 e. The Kier molecular flexibility index (Phi) is 4.94. The van der Waals surface area contributed by atoms with Gasteiger partial charge in [-0.15, -0.1) is 0 Å². The molecule has 1 N–H and O–H groups in total. The highest BCUT2D eigenvalue weighted by atomic mass is 19.2. The van der Waals surface area contributed by atoms with E-state index in [1.165, 1.54) is 0 Å². The van der Waals surface area contributed by atoms with Crippen LogP contribution in [0.1, 0.15) is 30.5 Å². The Morgan fingerprint density at radius 1 is 0.867 bits per heavy atom. The van der Waals surface area contributed by atoms with Gasteiger partial charge in [0, 0.05) is 23.0 Å². The molecule has 6 heteroatoms. The molecule has 1 aliphatic rings.